The fraction of sp³-hybridized carbons (Fsp3) is 0. The molecule has 0 aliphatic heterocycles. The van der Waals surface area contributed by atoms with Gasteiger partial charge in [0.05, 0.1) is 21.2 Å². The fourth-order valence-corrected chi connectivity index (χ4v) is 3.37. The van der Waals surface area contributed by atoms with E-state index in [0.717, 1.165) is 41.1 Å². The normalized spacial score (nSPS) is 10.9. The van der Waals surface area contributed by atoms with Crippen molar-refractivity contribution in [2.75, 3.05) is 0 Å². The number of benzene rings is 2. The molecule has 0 unspecified atom stereocenters. The molecule has 0 radical (unpaired) electrons. The third kappa shape index (κ3) is 9.55. The maximum atomic E-state index is 12.6. The van der Waals surface area contributed by atoms with Crippen LogP contribution in [0.4, 0.5) is 11.4 Å². The Morgan fingerprint density at radius 1 is 0.800 bits per heavy atom. The Morgan fingerprint density at radius 3 is 1.63 bits per heavy atom. The van der Waals surface area contributed by atoms with E-state index in [-0.39, 0.29) is 135 Å². The minimum Gasteiger partial charge on any atom is -1.00 e. The SMILES string of the molecule is O=C(O)c1[nH]n(-c2ccc(S(=O)(=O)O)cc2)c(=O)c1N=Nc1ccc(S(=O)(=O)O)cc1.[H-].[H-].[H-].[H-].[Na+].[Na+].[Na+].[Na+]. The predicted octanol–water partition coefficient (Wildman–Crippen LogP) is -9.76. The van der Waals surface area contributed by atoms with E-state index in [1.807, 2.05) is 0 Å². The molecule has 1 aromatic heterocycles. The summed E-state index contributed by atoms with van der Waals surface area (Å²) in [5, 5.41) is 19.0. The molecule has 13 nitrogen and oxygen atoms in total. The van der Waals surface area contributed by atoms with E-state index in [0.29, 0.717) is 0 Å². The number of carboxylic acids is 1. The van der Waals surface area contributed by atoms with Crippen LogP contribution in [0.5, 0.6) is 0 Å². The van der Waals surface area contributed by atoms with Crippen LogP contribution in [0.15, 0.2) is 73.3 Å². The summed E-state index contributed by atoms with van der Waals surface area (Å²) in [7, 11) is -8.87. The van der Waals surface area contributed by atoms with Crippen LogP contribution in [0, 0.1) is 0 Å². The van der Waals surface area contributed by atoms with Crippen LogP contribution in [-0.2, 0) is 20.2 Å². The predicted molar refractivity (Wildman–Crippen MR) is 108 cm³/mol. The topological polar surface area (TPSA) is 209 Å². The van der Waals surface area contributed by atoms with E-state index in [1.165, 1.54) is 12.1 Å². The number of azo groups is 1. The molecule has 0 fully saturated rings. The minimum atomic E-state index is -4.46. The van der Waals surface area contributed by atoms with E-state index >= 15 is 0 Å². The third-order valence-corrected chi connectivity index (χ3v) is 5.61. The maximum Gasteiger partial charge on any atom is 1.00 e. The number of H-pyrrole nitrogens is 1. The second-order valence-electron chi connectivity index (χ2n) is 5.92. The van der Waals surface area contributed by atoms with E-state index in [4.69, 9.17) is 9.11 Å². The Kier molecular flexibility index (Phi) is 16.1. The van der Waals surface area contributed by atoms with Gasteiger partial charge in [0.15, 0.2) is 11.4 Å². The minimum absolute atomic E-state index is 0. The van der Waals surface area contributed by atoms with Gasteiger partial charge >= 0.3 is 124 Å². The van der Waals surface area contributed by atoms with Gasteiger partial charge in [-0.1, -0.05) is 0 Å². The fourth-order valence-electron chi connectivity index (χ4n) is 2.41. The molecule has 1 heterocycles. The quantitative estimate of drug-likeness (QED) is 0.127. The van der Waals surface area contributed by atoms with Crippen LogP contribution in [0.3, 0.4) is 0 Å². The summed E-state index contributed by atoms with van der Waals surface area (Å²) in [6.45, 7) is 0. The van der Waals surface area contributed by atoms with E-state index in [2.05, 4.69) is 15.3 Å². The Bertz CT molecular complexity index is 1490. The molecule has 19 heteroatoms. The number of nitrogens with one attached hydrogen (secondary N) is 1. The van der Waals surface area contributed by atoms with Crippen LogP contribution in [0.25, 0.3) is 5.69 Å². The van der Waals surface area contributed by atoms with Gasteiger partial charge < -0.3 is 10.8 Å². The first-order valence-corrected chi connectivity index (χ1v) is 10.9. The number of aromatic nitrogens is 2. The van der Waals surface area contributed by atoms with Crippen molar-refractivity contribution in [1.29, 1.82) is 0 Å². The molecular weight excluding hydrogens is 548 g/mol. The summed E-state index contributed by atoms with van der Waals surface area (Å²) in [5.41, 5.74) is -1.99. The van der Waals surface area contributed by atoms with Gasteiger partial charge in [-0.05, 0) is 48.5 Å². The van der Waals surface area contributed by atoms with Gasteiger partial charge in [0.1, 0.15) is 0 Å². The molecule has 2 aromatic carbocycles. The molecule has 3 aromatic rings. The average Bonchev–Trinajstić information content (AvgIpc) is 3.02. The number of hydrogen-bond acceptors (Lipinski definition) is 8. The summed E-state index contributed by atoms with van der Waals surface area (Å²) in [4.78, 5) is 23.3. The summed E-state index contributed by atoms with van der Waals surface area (Å²) in [6.07, 6.45) is 0. The van der Waals surface area contributed by atoms with Gasteiger partial charge in [-0.15, -0.1) is 5.11 Å². The molecule has 170 valence electrons. The van der Waals surface area contributed by atoms with Crippen LogP contribution in [-0.4, -0.2) is 46.8 Å². The molecule has 0 saturated heterocycles. The number of carbonyl (C=O) groups is 1. The maximum absolute atomic E-state index is 12.6. The van der Waals surface area contributed by atoms with Gasteiger partial charge in [0.2, 0.25) is 0 Å². The van der Waals surface area contributed by atoms with E-state index in [9.17, 15) is 31.5 Å². The summed E-state index contributed by atoms with van der Waals surface area (Å²) < 4.78 is 63.1. The standard InChI is InChI=1S/C16H12N4O9S2.4Na.4H/c21-15-13(18-17-9-1-5-11(6-2-9)30(24,25)26)14(16(22)23)19-20(15)10-3-7-12(8-4-10)31(27,28)29;;;;;;;;/h1-8,19H,(H,22,23)(H,24,25,26)(H,27,28,29);;;;;;;;/q;4*+1;4*-1. The summed E-state index contributed by atoms with van der Waals surface area (Å²) >= 11 is 0. The Balaban J connectivity index is -0.000000340. The monoisotopic (exact) mass is 564 g/mol. The third-order valence-electron chi connectivity index (χ3n) is 3.87. The smallest absolute Gasteiger partial charge is 1.00 e. The molecule has 0 saturated carbocycles. The van der Waals surface area contributed by atoms with Crippen molar-refractivity contribution < 1.29 is 160 Å². The molecule has 4 N–H and O–H groups in total. The van der Waals surface area contributed by atoms with Crippen molar-refractivity contribution in [3.8, 4) is 5.69 Å². The van der Waals surface area contributed by atoms with Crippen molar-refractivity contribution in [3.05, 3.63) is 64.6 Å². The number of aromatic carboxylic acids is 1. The zero-order valence-electron chi connectivity index (χ0n) is 23.1. The van der Waals surface area contributed by atoms with Crippen molar-refractivity contribution in [2.24, 2.45) is 10.2 Å². The van der Waals surface area contributed by atoms with Crippen LogP contribution in [0.2, 0.25) is 0 Å². The first-order valence-electron chi connectivity index (χ1n) is 8.03. The number of nitrogens with zero attached hydrogens (tertiary/aromatic N) is 3. The van der Waals surface area contributed by atoms with Gasteiger partial charge in [-0.3, -0.25) is 19.0 Å². The van der Waals surface area contributed by atoms with Crippen molar-refractivity contribution in [1.82, 2.24) is 9.78 Å². The molecule has 0 aliphatic carbocycles. The van der Waals surface area contributed by atoms with Crippen molar-refractivity contribution in [3.63, 3.8) is 0 Å². The van der Waals surface area contributed by atoms with Crippen LogP contribution < -0.4 is 124 Å². The van der Waals surface area contributed by atoms with Crippen LogP contribution in [0.1, 0.15) is 16.2 Å². The number of carboxylic acid groups (broad SMARTS) is 1. The second kappa shape index (κ2) is 15.1. The second-order valence-corrected chi connectivity index (χ2v) is 8.76. The van der Waals surface area contributed by atoms with Crippen molar-refractivity contribution >= 4 is 37.6 Å². The molecule has 0 amide bonds. The average molecular weight is 564 g/mol. The molecule has 0 aliphatic rings. The number of rotatable bonds is 6. The molecular formula is C16H16N4Na4O9S2. The zero-order chi connectivity index (χ0) is 23.0. The largest absolute Gasteiger partial charge is 1.00 e. The van der Waals surface area contributed by atoms with E-state index in [1.54, 1.807) is 0 Å². The van der Waals surface area contributed by atoms with Gasteiger partial charge in [-0.25, -0.2) is 9.48 Å². The Labute approximate surface area is 293 Å². The molecule has 3 rings (SSSR count). The van der Waals surface area contributed by atoms with Crippen LogP contribution >= 0.6 is 0 Å². The summed E-state index contributed by atoms with van der Waals surface area (Å²) in [5.74, 6) is -1.53. The first kappa shape index (κ1) is 37.5. The Hall–Kier alpha value is 0.340. The van der Waals surface area contributed by atoms with Crippen molar-refractivity contribution in [2.45, 2.75) is 9.79 Å². The molecule has 0 atom stereocenters. The number of aromatic amines is 1. The molecule has 0 bridgehead atoms. The first-order chi connectivity index (χ1) is 14.4. The molecule has 35 heavy (non-hydrogen) atoms. The Morgan fingerprint density at radius 2 is 1.23 bits per heavy atom. The van der Waals surface area contributed by atoms with Gasteiger partial charge in [0.25, 0.3) is 25.8 Å². The van der Waals surface area contributed by atoms with E-state index < -0.39 is 52.9 Å². The molecule has 0 spiro atoms. The zero-order valence-corrected chi connectivity index (χ0v) is 28.7. The summed E-state index contributed by atoms with van der Waals surface area (Å²) in [6, 6.07) is 8.75. The number of hydrogen-bond donors (Lipinski definition) is 4. The van der Waals surface area contributed by atoms with Gasteiger partial charge in [0, 0.05) is 0 Å². The van der Waals surface area contributed by atoms with Gasteiger partial charge in [-0.2, -0.15) is 21.9 Å².